The van der Waals surface area contributed by atoms with Crippen LogP contribution in [0.3, 0.4) is 0 Å². The van der Waals surface area contributed by atoms with Crippen LogP contribution < -0.4 is 5.73 Å². The van der Waals surface area contributed by atoms with Gasteiger partial charge in [0.15, 0.2) is 0 Å². The van der Waals surface area contributed by atoms with Crippen molar-refractivity contribution in [2.75, 3.05) is 6.54 Å². The van der Waals surface area contributed by atoms with Crippen LogP contribution in [0.2, 0.25) is 0 Å². The maximum atomic E-state index is 13.0. The van der Waals surface area contributed by atoms with E-state index in [4.69, 9.17) is 10.5 Å². The summed E-state index contributed by atoms with van der Waals surface area (Å²) < 4.78 is 5.57. The summed E-state index contributed by atoms with van der Waals surface area (Å²) in [4.78, 5) is 27.5. The molecule has 5 heteroatoms. The van der Waals surface area contributed by atoms with E-state index in [0.717, 1.165) is 5.56 Å². The summed E-state index contributed by atoms with van der Waals surface area (Å²) in [7, 11) is 0. The smallest absolute Gasteiger partial charge is 0.329 e. The molecule has 0 radical (unpaired) electrons. The molecule has 0 aromatic heterocycles. The van der Waals surface area contributed by atoms with Gasteiger partial charge in [-0.25, -0.2) is 4.79 Å². The van der Waals surface area contributed by atoms with Crippen LogP contribution in [0.4, 0.5) is 0 Å². The number of fused-ring (bicyclic) bond motifs is 1. The molecule has 1 aliphatic carbocycles. The number of benzene rings is 1. The summed E-state index contributed by atoms with van der Waals surface area (Å²) in [6, 6.07) is 8.43. The summed E-state index contributed by atoms with van der Waals surface area (Å²) in [6.07, 6.45) is 0. The zero-order chi connectivity index (χ0) is 19.3. The Morgan fingerprint density at radius 3 is 2.46 bits per heavy atom. The van der Waals surface area contributed by atoms with Crippen molar-refractivity contribution in [3.8, 4) is 0 Å². The predicted octanol–water partition coefficient (Wildman–Crippen LogP) is 2.59. The third kappa shape index (κ3) is 3.25. The molecule has 1 aromatic rings. The molecular weight excluding hydrogens is 328 g/mol. The van der Waals surface area contributed by atoms with Crippen molar-refractivity contribution in [1.82, 2.24) is 4.90 Å². The molecule has 1 unspecified atom stereocenters. The number of esters is 1. The van der Waals surface area contributed by atoms with Crippen molar-refractivity contribution in [3.05, 3.63) is 35.9 Å². The van der Waals surface area contributed by atoms with E-state index in [1.807, 2.05) is 51.1 Å². The highest BCUT2D eigenvalue weighted by molar-refractivity contribution is 5.89. The maximum absolute atomic E-state index is 13.0. The van der Waals surface area contributed by atoms with Gasteiger partial charge in [0.1, 0.15) is 12.6 Å². The average Bonchev–Trinajstić information content (AvgIpc) is 2.95. The molecule has 5 nitrogen and oxygen atoms in total. The Kier molecular flexibility index (Phi) is 4.63. The molecule has 4 atom stereocenters. The second-order valence-corrected chi connectivity index (χ2v) is 9.33. The second kappa shape index (κ2) is 6.38. The van der Waals surface area contributed by atoms with E-state index in [1.54, 1.807) is 4.90 Å². The summed E-state index contributed by atoms with van der Waals surface area (Å²) in [5.41, 5.74) is 6.84. The Morgan fingerprint density at radius 1 is 1.27 bits per heavy atom. The zero-order valence-electron chi connectivity index (χ0n) is 16.4. The standard InChI is InChI=1S/C21H30N2O3/c1-20(2,3)17(22)18(24)23-11-14-15(21(14,4)5)16(23)19(25)26-12-13-9-7-6-8-10-13/h6-10,14-17H,11-12,22H2,1-5H3/t14-,15-,16?,17+/m0/s1. The molecule has 142 valence electrons. The molecular formula is C21H30N2O3. The zero-order valence-corrected chi connectivity index (χ0v) is 16.4. The molecule has 1 amide bonds. The molecule has 1 aliphatic heterocycles. The summed E-state index contributed by atoms with van der Waals surface area (Å²) in [6.45, 7) is 11.0. The molecule has 26 heavy (non-hydrogen) atoms. The Hall–Kier alpha value is -1.88. The van der Waals surface area contributed by atoms with Crippen LogP contribution in [0.25, 0.3) is 0 Å². The monoisotopic (exact) mass is 358 g/mol. The lowest BCUT2D eigenvalue weighted by atomic mass is 9.86. The van der Waals surface area contributed by atoms with Gasteiger partial charge in [-0.15, -0.1) is 0 Å². The molecule has 0 bridgehead atoms. The minimum absolute atomic E-state index is 0.0685. The fraction of sp³-hybridized carbons (Fsp3) is 0.619. The number of amides is 1. The highest BCUT2D eigenvalue weighted by atomic mass is 16.5. The van der Waals surface area contributed by atoms with Crippen LogP contribution in [0.5, 0.6) is 0 Å². The first kappa shape index (κ1) is 18.9. The highest BCUT2D eigenvalue weighted by Crippen LogP contribution is 2.65. The predicted molar refractivity (Wildman–Crippen MR) is 99.9 cm³/mol. The van der Waals surface area contributed by atoms with Gasteiger partial charge in [0.25, 0.3) is 0 Å². The van der Waals surface area contributed by atoms with E-state index in [9.17, 15) is 9.59 Å². The minimum Gasteiger partial charge on any atom is -0.459 e. The van der Waals surface area contributed by atoms with E-state index in [1.165, 1.54) is 0 Å². The minimum atomic E-state index is -0.632. The number of ether oxygens (including phenoxy) is 1. The molecule has 1 saturated carbocycles. The number of hydrogen-bond acceptors (Lipinski definition) is 4. The highest BCUT2D eigenvalue weighted by Gasteiger charge is 2.70. The van der Waals surface area contributed by atoms with Crippen molar-refractivity contribution < 1.29 is 14.3 Å². The van der Waals surface area contributed by atoms with Crippen LogP contribution in [0.1, 0.15) is 40.2 Å². The first-order valence-corrected chi connectivity index (χ1v) is 9.31. The summed E-state index contributed by atoms with van der Waals surface area (Å²) in [5, 5.41) is 0. The molecule has 1 saturated heterocycles. The molecule has 3 rings (SSSR count). The van der Waals surface area contributed by atoms with Gasteiger partial charge in [0, 0.05) is 12.5 Å². The quantitative estimate of drug-likeness (QED) is 0.840. The number of likely N-dealkylation sites (tertiary alicyclic amines) is 1. The first-order chi connectivity index (χ1) is 12.0. The third-order valence-corrected chi connectivity index (χ3v) is 6.16. The maximum Gasteiger partial charge on any atom is 0.329 e. The molecule has 2 N–H and O–H groups in total. The summed E-state index contributed by atoms with van der Waals surface area (Å²) in [5.74, 6) is 0.0262. The van der Waals surface area contributed by atoms with Gasteiger partial charge in [0.2, 0.25) is 5.91 Å². The van der Waals surface area contributed by atoms with Gasteiger partial charge in [0.05, 0.1) is 6.04 Å². The molecule has 1 aromatic carbocycles. The lowest BCUT2D eigenvalue weighted by Crippen LogP contribution is -2.55. The van der Waals surface area contributed by atoms with Crippen molar-refractivity contribution in [2.24, 2.45) is 28.4 Å². The fourth-order valence-corrected chi connectivity index (χ4v) is 4.15. The topological polar surface area (TPSA) is 72.6 Å². The van der Waals surface area contributed by atoms with Crippen molar-refractivity contribution in [3.63, 3.8) is 0 Å². The Balaban J connectivity index is 1.74. The number of rotatable bonds is 4. The van der Waals surface area contributed by atoms with Crippen molar-refractivity contribution in [2.45, 2.75) is 53.3 Å². The third-order valence-electron chi connectivity index (χ3n) is 6.16. The van der Waals surface area contributed by atoms with Gasteiger partial charge in [-0.05, 0) is 22.3 Å². The number of carbonyl (C=O) groups is 2. The first-order valence-electron chi connectivity index (χ1n) is 9.31. The lowest BCUT2D eigenvalue weighted by Gasteiger charge is -2.35. The van der Waals surface area contributed by atoms with Crippen LogP contribution in [0, 0.1) is 22.7 Å². The van der Waals surface area contributed by atoms with Crippen molar-refractivity contribution in [1.29, 1.82) is 0 Å². The largest absolute Gasteiger partial charge is 0.459 e. The van der Waals surface area contributed by atoms with Crippen molar-refractivity contribution >= 4 is 11.9 Å². The van der Waals surface area contributed by atoms with E-state index < -0.39 is 12.1 Å². The SMILES string of the molecule is CC(C)(C)[C@H](N)C(=O)N1C[C@H]2[C@@H](C1C(=O)OCc1ccccc1)C2(C)C. The van der Waals surface area contributed by atoms with E-state index >= 15 is 0 Å². The number of nitrogens with zero attached hydrogens (tertiary/aromatic N) is 1. The molecule has 0 spiro atoms. The Bertz CT molecular complexity index is 693. The van der Waals surface area contributed by atoms with E-state index in [-0.39, 0.29) is 35.2 Å². The van der Waals surface area contributed by atoms with Crippen LogP contribution in [-0.2, 0) is 20.9 Å². The Morgan fingerprint density at radius 2 is 1.88 bits per heavy atom. The number of piperidine rings is 1. The summed E-state index contributed by atoms with van der Waals surface area (Å²) >= 11 is 0. The Labute approximate surface area is 155 Å². The number of nitrogens with two attached hydrogens (primary N) is 1. The van der Waals surface area contributed by atoms with Gasteiger partial charge in [-0.2, -0.15) is 0 Å². The van der Waals surface area contributed by atoms with E-state index in [0.29, 0.717) is 12.5 Å². The van der Waals surface area contributed by atoms with Gasteiger partial charge in [-0.1, -0.05) is 65.0 Å². The number of hydrogen-bond donors (Lipinski definition) is 1. The average molecular weight is 358 g/mol. The number of carbonyl (C=O) groups excluding carboxylic acids is 2. The molecule has 1 heterocycles. The molecule has 2 aliphatic rings. The van der Waals surface area contributed by atoms with Gasteiger partial charge < -0.3 is 15.4 Å². The van der Waals surface area contributed by atoms with Crippen LogP contribution >= 0.6 is 0 Å². The molecule has 2 fully saturated rings. The van der Waals surface area contributed by atoms with E-state index in [2.05, 4.69) is 13.8 Å². The van der Waals surface area contributed by atoms with Gasteiger partial charge >= 0.3 is 5.97 Å². The second-order valence-electron chi connectivity index (χ2n) is 9.33. The lowest BCUT2D eigenvalue weighted by molar-refractivity contribution is -0.157. The van der Waals surface area contributed by atoms with Crippen LogP contribution in [-0.4, -0.2) is 35.4 Å². The normalized spacial score (nSPS) is 27.6. The van der Waals surface area contributed by atoms with Crippen LogP contribution in [0.15, 0.2) is 30.3 Å². The fourth-order valence-electron chi connectivity index (χ4n) is 4.15. The van der Waals surface area contributed by atoms with Gasteiger partial charge in [-0.3, -0.25) is 4.79 Å².